The summed E-state index contributed by atoms with van der Waals surface area (Å²) in [4.78, 5) is 16.2. The highest BCUT2D eigenvalue weighted by atomic mass is 16.5. The Hall–Kier alpha value is -2.50. The summed E-state index contributed by atoms with van der Waals surface area (Å²) >= 11 is 0. The summed E-state index contributed by atoms with van der Waals surface area (Å²) in [7, 11) is 1.95. The number of rotatable bonds is 6. The molecule has 0 radical (unpaired) electrons. The lowest BCUT2D eigenvalue weighted by Gasteiger charge is -2.12. The Kier molecular flexibility index (Phi) is 4.81. The summed E-state index contributed by atoms with van der Waals surface area (Å²) in [6.07, 6.45) is 4.43. The molecule has 0 saturated heterocycles. The Morgan fingerprint density at radius 3 is 2.95 bits per heavy atom. The van der Waals surface area contributed by atoms with Gasteiger partial charge in [0.2, 0.25) is 0 Å². The van der Waals surface area contributed by atoms with E-state index < -0.39 is 0 Å². The molecule has 1 aromatic heterocycles. The zero-order valence-electron chi connectivity index (χ0n) is 12.3. The first-order chi connectivity index (χ1) is 10.1. The summed E-state index contributed by atoms with van der Waals surface area (Å²) in [5, 5.41) is 3.24. The number of carbonyl (C=O) groups excluding carboxylic acids is 1. The van der Waals surface area contributed by atoms with E-state index in [9.17, 15) is 4.79 Å². The molecule has 6 heteroatoms. The molecule has 0 aliphatic carbocycles. The van der Waals surface area contributed by atoms with Crippen molar-refractivity contribution in [2.24, 2.45) is 7.05 Å². The molecule has 0 atom stereocenters. The second-order valence-electron chi connectivity index (χ2n) is 4.66. The molecule has 1 aromatic carbocycles. The maximum absolute atomic E-state index is 11.9. The first-order valence-corrected chi connectivity index (χ1v) is 6.88. The number of benzene rings is 1. The van der Waals surface area contributed by atoms with Gasteiger partial charge in [0.25, 0.3) is 0 Å². The molecule has 0 bridgehead atoms. The van der Waals surface area contributed by atoms with Crippen molar-refractivity contribution < 1.29 is 9.53 Å². The molecular weight excluding hydrogens is 268 g/mol. The van der Waals surface area contributed by atoms with E-state index in [1.54, 1.807) is 31.3 Å². The largest absolute Gasteiger partial charge is 0.462 e. The van der Waals surface area contributed by atoms with Gasteiger partial charge in [-0.3, -0.25) is 0 Å². The van der Waals surface area contributed by atoms with Gasteiger partial charge in [0.15, 0.2) is 0 Å². The fraction of sp³-hybridized carbons (Fsp3) is 0.333. The summed E-state index contributed by atoms with van der Waals surface area (Å²) in [6, 6.07) is 5.17. The molecule has 3 N–H and O–H groups in total. The molecule has 2 aromatic rings. The number of aryl methyl sites for hydroxylation is 1. The number of nitrogens with one attached hydrogen (secondary N) is 1. The normalized spacial score (nSPS) is 10.4. The van der Waals surface area contributed by atoms with Crippen LogP contribution in [0.25, 0.3) is 0 Å². The molecule has 2 rings (SSSR count). The number of ether oxygens (including phenoxy) is 1. The third-order valence-corrected chi connectivity index (χ3v) is 3.12. The van der Waals surface area contributed by atoms with Gasteiger partial charge in [-0.05, 0) is 25.1 Å². The lowest BCUT2D eigenvalue weighted by Crippen LogP contribution is -2.13. The second kappa shape index (κ2) is 6.78. The fourth-order valence-electron chi connectivity index (χ4n) is 2.04. The van der Waals surface area contributed by atoms with Crippen LogP contribution in [0.3, 0.4) is 0 Å². The number of nitrogens with zero attached hydrogens (tertiary/aromatic N) is 2. The minimum absolute atomic E-state index is 0.334. The minimum Gasteiger partial charge on any atom is -0.462 e. The maximum atomic E-state index is 11.9. The lowest BCUT2D eigenvalue weighted by molar-refractivity contribution is 0.0527. The third kappa shape index (κ3) is 3.75. The van der Waals surface area contributed by atoms with Crippen molar-refractivity contribution in [1.82, 2.24) is 9.55 Å². The zero-order chi connectivity index (χ0) is 15.2. The highest BCUT2D eigenvalue weighted by molar-refractivity contribution is 5.96. The van der Waals surface area contributed by atoms with Gasteiger partial charge in [0, 0.05) is 43.8 Å². The molecule has 0 aliphatic rings. The molecule has 0 unspecified atom stereocenters. The van der Waals surface area contributed by atoms with E-state index in [-0.39, 0.29) is 5.97 Å². The van der Waals surface area contributed by atoms with Gasteiger partial charge in [-0.2, -0.15) is 0 Å². The first-order valence-electron chi connectivity index (χ1n) is 6.88. The number of hydrogen-bond donors (Lipinski definition) is 2. The quantitative estimate of drug-likeness (QED) is 0.626. The van der Waals surface area contributed by atoms with Crippen LogP contribution < -0.4 is 11.1 Å². The van der Waals surface area contributed by atoms with Crippen LogP contribution in [0.4, 0.5) is 11.4 Å². The molecule has 0 saturated carbocycles. The van der Waals surface area contributed by atoms with Crippen molar-refractivity contribution in [1.29, 1.82) is 0 Å². The molecule has 0 aliphatic heterocycles. The van der Waals surface area contributed by atoms with Gasteiger partial charge in [-0.25, -0.2) is 9.78 Å². The number of carbonyl (C=O) groups is 1. The van der Waals surface area contributed by atoms with Crippen molar-refractivity contribution in [2.45, 2.75) is 13.3 Å². The van der Waals surface area contributed by atoms with Gasteiger partial charge in [0.05, 0.1) is 12.2 Å². The van der Waals surface area contributed by atoms with Crippen molar-refractivity contribution in [2.75, 3.05) is 24.2 Å². The van der Waals surface area contributed by atoms with Crippen LogP contribution in [-0.2, 0) is 18.2 Å². The summed E-state index contributed by atoms with van der Waals surface area (Å²) in [5.41, 5.74) is 7.45. The Labute approximate surface area is 123 Å². The Bertz CT molecular complexity index is 622. The number of imidazole rings is 1. The van der Waals surface area contributed by atoms with E-state index in [1.165, 1.54) is 0 Å². The molecule has 1 heterocycles. The van der Waals surface area contributed by atoms with Crippen LogP contribution in [0.5, 0.6) is 0 Å². The van der Waals surface area contributed by atoms with Crippen molar-refractivity contribution in [3.8, 4) is 0 Å². The van der Waals surface area contributed by atoms with Gasteiger partial charge in [0.1, 0.15) is 5.82 Å². The van der Waals surface area contributed by atoms with E-state index >= 15 is 0 Å². The summed E-state index contributed by atoms with van der Waals surface area (Å²) in [5.74, 6) is 0.611. The first kappa shape index (κ1) is 14.9. The Morgan fingerprint density at radius 2 is 2.29 bits per heavy atom. The van der Waals surface area contributed by atoms with Gasteiger partial charge in [-0.1, -0.05) is 0 Å². The highest BCUT2D eigenvalue weighted by Crippen LogP contribution is 2.20. The number of hydrogen-bond acceptors (Lipinski definition) is 5. The van der Waals surface area contributed by atoms with Gasteiger partial charge < -0.3 is 20.4 Å². The molecule has 0 amide bonds. The minimum atomic E-state index is -0.371. The predicted octanol–water partition coefficient (Wildman–Crippen LogP) is 1.83. The van der Waals surface area contributed by atoms with Gasteiger partial charge >= 0.3 is 5.97 Å². The monoisotopic (exact) mass is 288 g/mol. The molecule has 6 nitrogen and oxygen atoms in total. The molecule has 21 heavy (non-hydrogen) atoms. The van der Waals surface area contributed by atoms with Crippen molar-refractivity contribution in [3.63, 3.8) is 0 Å². The topological polar surface area (TPSA) is 82.2 Å². The highest BCUT2D eigenvalue weighted by Gasteiger charge is 2.13. The molecular formula is C15H20N4O2. The zero-order valence-corrected chi connectivity index (χ0v) is 12.3. The number of nitrogens with two attached hydrogens (primary N) is 1. The van der Waals surface area contributed by atoms with Crippen LogP contribution in [0, 0.1) is 0 Å². The van der Waals surface area contributed by atoms with Crippen molar-refractivity contribution in [3.05, 3.63) is 42.0 Å². The number of aromatic nitrogens is 2. The number of anilines is 2. The van der Waals surface area contributed by atoms with E-state index in [1.807, 2.05) is 17.8 Å². The van der Waals surface area contributed by atoms with Crippen molar-refractivity contribution >= 4 is 17.3 Å². The summed E-state index contributed by atoms with van der Waals surface area (Å²) < 4.78 is 7.01. The van der Waals surface area contributed by atoms with E-state index in [4.69, 9.17) is 10.5 Å². The van der Waals surface area contributed by atoms with Crippen LogP contribution >= 0.6 is 0 Å². The molecule has 0 fully saturated rings. The van der Waals surface area contributed by atoms with Crippen LogP contribution in [0.15, 0.2) is 30.6 Å². The van der Waals surface area contributed by atoms with Gasteiger partial charge in [-0.15, -0.1) is 0 Å². The predicted molar refractivity (Wildman–Crippen MR) is 82.2 cm³/mol. The fourth-order valence-corrected chi connectivity index (χ4v) is 2.04. The Morgan fingerprint density at radius 1 is 1.48 bits per heavy atom. The number of nitrogen functional groups attached to an aromatic ring is 1. The number of esters is 1. The standard InChI is InChI=1S/C15H20N4O2/c1-3-21-15(20)12-10-11(16)4-5-13(12)17-7-6-14-18-8-9-19(14)2/h4-5,8-10,17H,3,6-7,16H2,1-2H3. The van der Waals surface area contributed by atoms with E-state index in [0.717, 1.165) is 17.9 Å². The Balaban J connectivity index is 2.05. The smallest absolute Gasteiger partial charge is 0.340 e. The second-order valence-corrected chi connectivity index (χ2v) is 4.66. The molecule has 112 valence electrons. The third-order valence-electron chi connectivity index (χ3n) is 3.12. The van der Waals surface area contributed by atoms with Crippen LogP contribution in [-0.4, -0.2) is 28.7 Å². The van der Waals surface area contributed by atoms with E-state index in [0.29, 0.717) is 24.4 Å². The molecule has 0 spiro atoms. The van der Waals surface area contributed by atoms with E-state index in [2.05, 4.69) is 10.3 Å². The summed E-state index contributed by atoms with van der Waals surface area (Å²) in [6.45, 7) is 2.78. The maximum Gasteiger partial charge on any atom is 0.340 e. The van der Waals surface area contributed by atoms with Crippen LogP contribution in [0.1, 0.15) is 23.1 Å². The van der Waals surface area contributed by atoms with Crippen LogP contribution in [0.2, 0.25) is 0 Å². The average molecular weight is 288 g/mol. The lowest BCUT2D eigenvalue weighted by atomic mass is 10.1. The SMILES string of the molecule is CCOC(=O)c1cc(N)ccc1NCCc1nccn1C. The average Bonchev–Trinajstić information content (AvgIpc) is 2.86.